The van der Waals surface area contributed by atoms with Crippen LogP contribution in [-0.4, -0.2) is 22.2 Å². The largest absolute Gasteiger partial charge is 0.371 e. The van der Waals surface area contributed by atoms with Gasteiger partial charge in [0.15, 0.2) is 5.82 Å². The van der Waals surface area contributed by atoms with E-state index < -0.39 is 0 Å². The fraction of sp³-hybridized carbons (Fsp3) is 0.250. The van der Waals surface area contributed by atoms with Crippen molar-refractivity contribution in [1.82, 2.24) is 15.2 Å². The molecule has 82 valence electrons. The van der Waals surface area contributed by atoms with E-state index >= 15 is 0 Å². The average molecular weight is 214 g/mol. The van der Waals surface area contributed by atoms with E-state index in [9.17, 15) is 0 Å². The Morgan fingerprint density at radius 1 is 1.06 bits per heavy atom. The van der Waals surface area contributed by atoms with Gasteiger partial charge in [-0.1, -0.05) is 6.07 Å². The Labute approximate surface area is 94.8 Å². The summed E-state index contributed by atoms with van der Waals surface area (Å²) in [5.74, 6) is 0.817. The smallest absolute Gasteiger partial charge is 0.151 e. The number of aromatic nitrogens is 3. The van der Waals surface area contributed by atoms with Gasteiger partial charge in [0.05, 0.1) is 5.69 Å². The van der Waals surface area contributed by atoms with Crippen LogP contribution in [0.4, 0.5) is 5.82 Å². The quantitative estimate of drug-likeness (QED) is 0.832. The first-order chi connectivity index (χ1) is 7.74. The first-order valence-electron chi connectivity index (χ1n) is 5.17. The van der Waals surface area contributed by atoms with E-state index in [-0.39, 0.29) is 0 Å². The van der Waals surface area contributed by atoms with E-state index in [1.807, 2.05) is 39.1 Å². The Kier molecular flexibility index (Phi) is 2.81. The monoisotopic (exact) mass is 214 g/mol. The van der Waals surface area contributed by atoms with Gasteiger partial charge in [0, 0.05) is 13.2 Å². The van der Waals surface area contributed by atoms with Crippen molar-refractivity contribution in [2.45, 2.75) is 13.8 Å². The van der Waals surface area contributed by atoms with Crippen LogP contribution < -0.4 is 5.32 Å². The van der Waals surface area contributed by atoms with Crippen LogP contribution in [-0.2, 0) is 0 Å². The minimum Gasteiger partial charge on any atom is -0.371 e. The maximum absolute atomic E-state index is 4.28. The second-order valence-corrected chi connectivity index (χ2v) is 3.61. The Hall–Kier alpha value is -1.97. The maximum Gasteiger partial charge on any atom is 0.151 e. The number of anilines is 1. The lowest BCUT2D eigenvalue weighted by atomic mass is 10.1. The predicted molar refractivity (Wildman–Crippen MR) is 64.3 cm³/mol. The zero-order chi connectivity index (χ0) is 11.5. The van der Waals surface area contributed by atoms with E-state index in [0.717, 1.165) is 28.3 Å². The third-order valence-corrected chi connectivity index (χ3v) is 2.67. The summed E-state index contributed by atoms with van der Waals surface area (Å²) >= 11 is 0. The highest BCUT2D eigenvalue weighted by molar-refractivity contribution is 5.63. The topological polar surface area (TPSA) is 50.7 Å². The number of rotatable bonds is 2. The number of pyridine rings is 1. The highest BCUT2D eigenvalue weighted by atomic mass is 15.2. The van der Waals surface area contributed by atoms with Gasteiger partial charge in [-0.15, -0.1) is 10.2 Å². The number of nitrogens with zero attached hydrogens (tertiary/aromatic N) is 3. The molecule has 0 bridgehead atoms. The molecular weight excluding hydrogens is 200 g/mol. The van der Waals surface area contributed by atoms with Crippen molar-refractivity contribution in [2.24, 2.45) is 0 Å². The molecule has 2 heterocycles. The van der Waals surface area contributed by atoms with Crippen LogP contribution in [0.15, 0.2) is 24.4 Å². The van der Waals surface area contributed by atoms with Crippen molar-refractivity contribution in [3.63, 3.8) is 0 Å². The lowest BCUT2D eigenvalue weighted by molar-refractivity contribution is 0.996. The van der Waals surface area contributed by atoms with Crippen LogP contribution in [0.25, 0.3) is 11.4 Å². The number of nitrogens with one attached hydrogen (secondary N) is 1. The number of hydrogen-bond donors (Lipinski definition) is 1. The van der Waals surface area contributed by atoms with Crippen LogP contribution in [0.3, 0.4) is 0 Å². The normalized spacial score (nSPS) is 10.2. The van der Waals surface area contributed by atoms with E-state index in [4.69, 9.17) is 0 Å². The van der Waals surface area contributed by atoms with Crippen LogP contribution >= 0.6 is 0 Å². The highest BCUT2D eigenvalue weighted by Crippen LogP contribution is 2.23. The second kappa shape index (κ2) is 4.26. The van der Waals surface area contributed by atoms with Gasteiger partial charge in [0.2, 0.25) is 0 Å². The SMILES string of the molecule is CNc1nnc(-c2ccccn2)c(C)c1C. The molecule has 0 aliphatic rings. The predicted octanol–water partition coefficient (Wildman–Crippen LogP) is 2.20. The maximum atomic E-state index is 4.28. The van der Waals surface area contributed by atoms with Crippen molar-refractivity contribution in [2.75, 3.05) is 12.4 Å². The molecule has 0 amide bonds. The zero-order valence-electron chi connectivity index (χ0n) is 9.65. The molecule has 0 aromatic carbocycles. The molecule has 0 atom stereocenters. The Balaban J connectivity index is 2.56. The van der Waals surface area contributed by atoms with E-state index in [2.05, 4.69) is 20.5 Å². The molecule has 0 spiro atoms. The summed E-state index contributed by atoms with van der Waals surface area (Å²) in [7, 11) is 1.84. The summed E-state index contributed by atoms with van der Waals surface area (Å²) in [6, 6.07) is 5.78. The van der Waals surface area contributed by atoms with Gasteiger partial charge in [-0.3, -0.25) is 4.98 Å². The summed E-state index contributed by atoms with van der Waals surface area (Å²) in [5, 5.41) is 11.4. The fourth-order valence-corrected chi connectivity index (χ4v) is 1.59. The Bertz CT molecular complexity index is 494. The van der Waals surface area contributed by atoms with E-state index in [1.165, 1.54) is 0 Å². The Morgan fingerprint density at radius 2 is 1.88 bits per heavy atom. The van der Waals surface area contributed by atoms with Crippen molar-refractivity contribution in [3.8, 4) is 11.4 Å². The summed E-state index contributed by atoms with van der Waals surface area (Å²) in [4.78, 5) is 4.28. The molecule has 4 nitrogen and oxygen atoms in total. The third kappa shape index (κ3) is 1.74. The van der Waals surface area contributed by atoms with Crippen molar-refractivity contribution < 1.29 is 0 Å². The molecule has 4 heteroatoms. The van der Waals surface area contributed by atoms with Crippen molar-refractivity contribution >= 4 is 5.82 Å². The molecule has 2 aromatic rings. The second-order valence-electron chi connectivity index (χ2n) is 3.61. The molecule has 16 heavy (non-hydrogen) atoms. The lowest BCUT2D eigenvalue weighted by Crippen LogP contribution is -2.03. The third-order valence-electron chi connectivity index (χ3n) is 2.67. The molecule has 0 fully saturated rings. The molecule has 0 radical (unpaired) electrons. The van der Waals surface area contributed by atoms with Crippen molar-refractivity contribution in [3.05, 3.63) is 35.5 Å². The first-order valence-corrected chi connectivity index (χ1v) is 5.17. The van der Waals surface area contributed by atoms with Gasteiger partial charge in [-0.25, -0.2) is 0 Å². The molecular formula is C12H14N4. The summed E-state index contributed by atoms with van der Waals surface area (Å²) in [6.07, 6.45) is 1.76. The zero-order valence-corrected chi connectivity index (χ0v) is 9.65. The summed E-state index contributed by atoms with van der Waals surface area (Å²) in [6.45, 7) is 4.07. The van der Waals surface area contributed by atoms with Gasteiger partial charge >= 0.3 is 0 Å². The van der Waals surface area contributed by atoms with Crippen LogP contribution in [0.2, 0.25) is 0 Å². The summed E-state index contributed by atoms with van der Waals surface area (Å²) in [5.41, 5.74) is 3.92. The van der Waals surface area contributed by atoms with Gasteiger partial charge in [0.25, 0.3) is 0 Å². The minimum atomic E-state index is 0.817. The lowest BCUT2D eigenvalue weighted by Gasteiger charge is -2.09. The van der Waals surface area contributed by atoms with Gasteiger partial charge in [-0.2, -0.15) is 0 Å². The highest BCUT2D eigenvalue weighted by Gasteiger charge is 2.10. The molecule has 1 N–H and O–H groups in total. The standard InChI is InChI=1S/C12H14N4/c1-8-9(2)12(13-3)16-15-11(8)10-6-4-5-7-14-10/h4-7H,1-3H3,(H,13,16). The van der Waals surface area contributed by atoms with Gasteiger partial charge in [0.1, 0.15) is 5.69 Å². The number of hydrogen-bond acceptors (Lipinski definition) is 4. The molecule has 0 saturated carbocycles. The fourth-order valence-electron chi connectivity index (χ4n) is 1.59. The van der Waals surface area contributed by atoms with Gasteiger partial charge < -0.3 is 5.32 Å². The molecule has 2 rings (SSSR count). The van der Waals surface area contributed by atoms with Crippen LogP contribution in [0, 0.1) is 13.8 Å². The Morgan fingerprint density at radius 3 is 2.50 bits per heavy atom. The van der Waals surface area contributed by atoms with Gasteiger partial charge in [-0.05, 0) is 37.1 Å². The minimum absolute atomic E-state index is 0.817. The molecule has 0 unspecified atom stereocenters. The molecule has 0 aliphatic carbocycles. The molecule has 0 saturated heterocycles. The first kappa shape index (κ1) is 10.5. The van der Waals surface area contributed by atoms with Crippen LogP contribution in [0.5, 0.6) is 0 Å². The van der Waals surface area contributed by atoms with Crippen molar-refractivity contribution in [1.29, 1.82) is 0 Å². The van der Waals surface area contributed by atoms with Crippen LogP contribution in [0.1, 0.15) is 11.1 Å². The average Bonchev–Trinajstić information content (AvgIpc) is 2.34. The molecule has 2 aromatic heterocycles. The molecule has 0 aliphatic heterocycles. The summed E-state index contributed by atoms with van der Waals surface area (Å²) < 4.78 is 0. The van der Waals surface area contributed by atoms with E-state index in [0.29, 0.717) is 0 Å². The van der Waals surface area contributed by atoms with E-state index in [1.54, 1.807) is 6.20 Å².